The summed E-state index contributed by atoms with van der Waals surface area (Å²) in [4.78, 5) is 0. The lowest BCUT2D eigenvalue weighted by atomic mass is 9.87. The minimum atomic E-state index is -3.77. The van der Waals surface area contributed by atoms with Crippen molar-refractivity contribution in [3.05, 3.63) is 47.5 Å². The fourth-order valence-corrected chi connectivity index (χ4v) is 9.96. The SMILES string of the molecule is CCCCCCCCCC[C@@H]1COc2ccc(C(C)(C)C)cc2P(=O)(OCC)c2cc(C(C)(C)C)ccc2OC[C@@H](CCCCCCCCCC)OCCOCCO1. The van der Waals surface area contributed by atoms with Crippen molar-refractivity contribution in [2.24, 2.45) is 0 Å². The summed E-state index contributed by atoms with van der Waals surface area (Å²) >= 11 is 0. The van der Waals surface area contributed by atoms with E-state index in [-0.39, 0.29) is 29.6 Å². The molecule has 7 nitrogen and oxygen atoms in total. The average Bonchev–Trinajstić information content (AvgIpc) is 3.18. The van der Waals surface area contributed by atoms with Gasteiger partial charge in [0.25, 0.3) is 7.37 Å². The van der Waals surface area contributed by atoms with Gasteiger partial charge < -0.3 is 28.2 Å². The van der Waals surface area contributed by atoms with Gasteiger partial charge in [0.1, 0.15) is 24.7 Å². The quantitative estimate of drug-likeness (QED) is 0.0972. The molecule has 8 heteroatoms. The first kappa shape index (κ1) is 50.5. The largest absolute Gasteiger partial charge is 0.490 e. The van der Waals surface area contributed by atoms with Gasteiger partial charge in [-0.05, 0) is 66.0 Å². The van der Waals surface area contributed by atoms with Gasteiger partial charge in [-0.3, -0.25) is 4.57 Å². The first-order valence-corrected chi connectivity index (χ1v) is 25.1. The molecule has 332 valence electrons. The summed E-state index contributed by atoms with van der Waals surface area (Å²) in [7, 11) is -3.77. The zero-order valence-electron chi connectivity index (χ0n) is 38.6. The molecule has 0 aromatic heterocycles. The summed E-state index contributed by atoms with van der Waals surface area (Å²) in [6, 6.07) is 12.3. The van der Waals surface area contributed by atoms with Crippen LogP contribution in [0.5, 0.6) is 11.5 Å². The van der Waals surface area contributed by atoms with Gasteiger partial charge in [-0.25, -0.2) is 0 Å². The molecule has 3 rings (SSSR count). The third-order valence-corrected chi connectivity index (χ3v) is 14.0. The Labute approximate surface area is 355 Å². The second-order valence-electron chi connectivity index (χ2n) is 18.6. The Bertz CT molecular complexity index is 1340. The molecule has 2 atom stereocenters. The van der Waals surface area contributed by atoms with E-state index in [2.05, 4.69) is 67.5 Å². The molecular weight excluding hydrogens is 744 g/mol. The Morgan fingerprint density at radius 1 is 0.552 bits per heavy atom. The Balaban J connectivity index is 2.00. The molecule has 0 spiro atoms. The van der Waals surface area contributed by atoms with Crippen LogP contribution in [-0.2, 0) is 34.1 Å². The van der Waals surface area contributed by atoms with E-state index in [1.807, 2.05) is 31.2 Å². The van der Waals surface area contributed by atoms with E-state index in [9.17, 15) is 0 Å². The molecule has 0 unspecified atom stereocenters. The van der Waals surface area contributed by atoms with E-state index in [0.717, 1.165) is 36.8 Å². The van der Waals surface area contributed by atoms with Gasteiger partial charge in [0.05, 0.1) is 55.9 Å². The van der Waals surface area contributed by atoms with Gasteiger partial charge >= 0.3 is 0 Å². The van der Waals surface area contributed by atoms with E-state index in [4.69, 9.17) is 28.2 Å². The molecule has 0 radical (unpaired) electrons. The fraction of sp³-hybridized carbons (Fsp3) is 0.760. The number of unbranched alkanes of at least 4 members (excludes halogenated alkanes) is 14. The highest BCUT2D eigenvalue weighted by molar-refractivity contribution is 7.74. The van der Waals surface area contributed by atoms with Gasteiger partial charge in [-0.1, -0.05) is 170 Å². The minimum Gasteiger partial charge on any atom is -0.490 e. The molecule has 0 bridgehead atoms. The van der Waals surface area contributed by atoms with Crippen molar-refractivity contribution >= 4 is 18.0 Å². The second-order valence-corrected chi connectivity index (χ2v) is 20.9. The number of fused-ring (bicyclic) bond motifs is 2. The monoisotopic (exact) mass is 829 g/mol. The van der Waals surface area contributed by atoms with Gasteiger partial charge in [0.15, 0.2) is 0 Å². The molecule has 58 heavy (non-hydrogen) atoms. The van der Waals surface area contributed by atoms with Crippen LogP contribution < -0.4 is 20.1 Å². The zero-order chi connectivity index (χ0) is 42.3. The van der Waals surface area contributed by atoms with E-state index >= 15 is 4.57 Å². The van der Waals surface area contributed by atoms with Gasteiger partial charge in [-0.15, -0.1) is 0 Å². The topological polar surface area (TPSA) is 72.5 Å². The zero-order valence-corrected chi connectivity index (χ0v) is 39.5. The summed E-state index contributed by atoms with van der Waals surface area (Å²) in [6.07, 6.45) is 21.6. The number of rotatable bonds is 20. The molecule has 1 heterocycles. The maximum Gasteiger partial charge on any atom is 0.268 e. The van der Waals surface area contributed by atoms with Crippen LogP contribution in [0.1, 0.15) is 189 Å². The normalized spacial score (nSPS) is 18.6. The van der Waals surface area contributed by atoms with Crippen LogP contribution in [0, 0.1) is 0 Å². The van der Waals surface area contributed by atoms with Crippen LogP contribution in [0.4, 0.5) is 0 Å². The van der Waals surface area contributed by atoms with E-state index < -0.39 is 7.37 Å². The number of ether oxygens (including phenoxy) is 5. The average molecular weight is 829 g/mol. The lowest BCUT2D eigenvalue weighted by Crippen LogP contribution is -2.30. The highest BCUT2D eigenvalue weighted by Crippen LogP contribution is 2.51. The summed E-state index contributed by atoms with van der Waals surface area (Å²) in [5.74, 6) is 1.13. The lowest BCUT2D eigenvalue weighted by Gasteiger charge is -2.29. The van der Waals surface area contributed by atoms with E-state index in [1.54, 1.807) is 0 Å². The Hall–Kier alpha value is -1.89. The van der Waals surface area contributed by atoms with Crippen LogP contribution >= 0.6 is 7.37 Å². The van der Waals surface area contributed by atoms with Crippen molar-refractivity contribution < 1.29 is 32.8 Å². The van der Waals surface area contributed by atoms with Crippen molar-refractivity contribution in [3.63, 3.8) is 0 Å². The molecule has 0 saturated carbocycles. The molecular formula is C50H85O7P. The van der Waals surface area contributed by atoms with Crippen molar-refractivity contribution in [1.29, 1.82) is 0 Å². The predicted octanol–water partition coefficient (Wildman–Crippen LogP) is 13.2. The molecule has 1 aliphatic heterocycles. The maximum atomic E-state index is 16.0. The molecule has 0 saturated heterocycles. The smallest absolute Gasteiger partial charge is 0.268 e. The van der Waals surface area contributed by atoms with Crippen molar-refractivity contribution in [3.8, 4) is 11.5 Å². The van der Waals surface area contributed by atoms with Crippen LogP contribution in [-0.4, -0.2) is 58.5 Å². The third kappa shape index (κ3) is 18.0. The highest BCUT2D eigenvalue weighted by atomic mass is 31.2. The number of benzene rings is 2. The van der Waals surface area contributed by atoms with Crippen LogP contribution in [0.3, 0.4) is 0 Å². The third-order valence-electron chi connectivity index (χ3n) is 11.4. The van der Waals surface area contributed by atoms with E-state index in [1.165, 1.54) is 89.9 Å². The maximum absolute atomic E-state index is 16.0. The molecule has 0 amide bonds. The Morgan fingerprint density at radius 3 is 1.29 bits per heavy atom. The standard InChI is InChI=1S/C50H85O7P/c1-10-13-15-17-19-21-23-25-27-43-39-55-45-31-29-41(49(4,5)6)37-47(45)58(51,57-12-3)48-38-42(50(7,8)9)30-32-46(48)56-40-44(54-36-34-52-33-35-53-43)28-26-24-22-20-18-16-14-11-2/h29-32,37-38,43-44H,10-28,33-36,39-40H2,1-9H3/t43-,44-/m1/s1. The Kier molecular flexibility index (Phi) is 23.6. The van der Waals surface area contributed by atoms with Crippen molar-refractivity contribution in [2.45, 2.75) is 201 Å². The van der Waals surface area contributed by atoms with Crippen molar-refractivity contribution in [2.75, 3.05) is 46.2 Å². The van der Waals surface area contributed by atoms with Crippen LogP contribution in [0.25, 0.3) is 0 Å². The van der Waals surface area contributed by atoms with Gasteiger partial charge in [-0.2, -0.15) is 0 Å². The lowest BCUT2D eigenvalue weighted by molar-refractivity contribution is -0.0445. The predicted molar refractivity (Wildman–Crippen MR) is 245 cm³/mol. The molecule has 0 aliphatic carbocycles. The molecule has 1 aliphatic rings. The first-order chi connectivity index (χ1) is 27.8. The summed E-state index contributed by atoms with van der Waals surface area (Å²) in [6.45, 7) is 22.4. The van der Waals surface area contributed by atoms with E-state index in [0.29, 0.717) is 61.7 Å². The van der Waals surface area contributed by atoms with Gasteiger partial charge in [0.2, 0.25) is 0 Å². The molecule has 2 aromatic rings. The summed E-state index contributed by atoms with van der Waals surface area (Å²) in [5.41, 5.74) is 1.75. The molecule has 0 fully saturated rings. The van der Waals surface area contributed by atoms with Crippen molar-refractivity contribution in [1.82, 2.24) is 0 Å². The second kappa shape index (κ2) is 27.1. The van der Waals surface area contributed by atoms with Crippen LogP contribution in [0.2, 0.25) is 0 Å². The fourth-order valence-electron chi connectivity index (χ4n) is 7.58. The summed E-state index contributed by atoms with van der Waals surface area (Å²) < 4.78 is 55.0. The number of hydrogen-bond donors (Lipinski definition) is 0. The van der Waals surface area contributed by atoms with Crippen LogP contribution in [0.15, 0.2) is 36.4 Å². The first-order valence-electron chi connectivity index (χ1n) is 23.4. The molecule has 0 N–H and O–H groups in total. The van der Waals surface area contributed by atoms with Gasteiger partial charge in [0, 0.05) is 0 Å². The highest BCUT2D eigenvalue weighted by Gasteiger charge is 2.37. The minimum absolute atomic E-state index is 0.125. The summed E-state index contributed by atoms with van der Waals surface area (Å²) in [5, 5.41) is 1.14. The number of hydrogen-bond acceptors (Lipinski definition) is 7. The molecule has 2 aromatic carbocycles. The Morgan fingerprint density at radius 2 is 0.931 bits per heavy atom.